The van der Waals surface area contributed by atoms with Gasteiger partial charge in [-0.3, -0.25) is 13.9 Å². The number of carbonyl (C=O) groups excluding carboxylic acids is 1. The maximum absolute atomic E-state index is 11.5. The number of nitrogens with zero attached hydrogens (tertiary/aromatic N) is 4. The van der Waals surface area contributed by atoms with Crippen LogP contribution < -0.4 is 5.73 Å². The van der Waals surface area contributed by atoms with E-state index in [1.807, 2.05) is 0 Å². The summed E-state index contributed by atoms with van der Waals surface area (Å²) in [5.74, 6) is -2.61. The zero-order valence-electron chi connectivity index (χ0n) is 14.0. The number of nitrogen functional groups attached to an aromatic ring is 1. The fourth-order valence-corrected chi connectivity index (χ4v) is 3.62. The van der Waals surface area contributed by atoms with Crippen molar-refractivity contribution in [2.24, 2.45) is 0 Å². The highest BCUT2D eigenvalue weighted by Gasteiger charge is 2.47. The molecule has 5 atom stereocenters. The second-order valence-electron chi connectivity index (χ2n) is 6.02. The van der Waals surface area contributed by atoms with E-state index in [2.05, 4.69) is 19.7 Å². The van der Waals surface area contributed by atoms with Gasteiger partial charge in [0.1, 0.15) is 24.1 Å². The first kappa shape index (κ1) is 19.6. The summed E-state index contributed by atoms with van der Waals surface area (Å²) in [7, 11) is -4.83. The number of hydrogen-bond donors (Lipinski definition) is 5. The van der Waals surface area contributed by atoms with E-state index in [9.17, 15) is 29.4 Å². The topological polar surface area (TPSA) is 203 Å². The summed E-state index contributed by atoms with van der Waals surface area (Å²) < 4.78 is 23.1. The Morgan fingerprint density at radius 2 is 2.07 bits per heavy atom. The van der Waals surface area contributed by atoms with Crippen molar-refractivity contribution in [3.63, 3.8) is 0 Å². The van der Waals surface area contributed by atoms with Crippen molar-refractivity contribution in [2.75, 3.05) is 5.73 Å². The molecule has 0 aliphatic carbocycles. The molecule has 14 heteroatoms. The highest BCUT2D eigenvalue weighted by atomic mass is 31.2. The van der Waals surface area contributed by atoms with Gasteiger partial charge in [0.2, 0.25) is 5.85 Å². The number of nitrogens with two attached hydrogens (primary N) is 1. The molecule has 0 aromatic carbocycles. The molecular formula is C13H18N5O8P. The van der Waals surface area contributed by atoms with E-state index in [1.54, 1.807) is 0 Å². The Morgan fingerprint density at radius 3 is 2.70 bits per heavy atom. The van der Waals surface area contributed by atoms with Crippen molar-refractivity contribution in [3.8, 4) is 0 Å². The molecule has 1 saturated heterocycles. The number of fused-ring (bicyclic) bond motifs is 1. The first-order valence-electron chi connectivity index (χ1n) is 7.76. The Balaban J connectivity index is 1.86. The summed E-state index contributed by atoms with van der Waals surface area (Å²) in [6, 6.07) is 0. The Morgan fingerprint density at radius 1 is 1.37 bits per heavy atom. The predicted molar refractivity (Wildman–Crippen MR) is 87.9 cm³/mol. The third kappa shape index (κ3) is 3.78. The summed E-state index contributed by atoms with van der Waals surface area (Å²) in [4.78, 5) is 41.6. The quantitative estimate of drug-likeness (QED) is 0.285. The van der Waals surface area contributed by atoms with Crippen molar-refractivity contribution in [2.45, 2.75) is 43.7 Å². The van der Waals surface area contributed by atoms with Gasteiger partial charge in [-0.15, -0.1) is 0 Å². The van der Waals surface area contributed by atoms with E-state index < -0.39 is 50.4 Å². The van der Waals surface area contributed by atoms with E-state index in [4.69, 9.17) is 10.5 Å². The van der Waals surface area contributed by atoms with Crippen molar-refractivity contribution >= 4 is 30.5 Å². The number of rotatable bonds is 5. The number of carbonyl (C=O) groups is 1. The number of aliphatic hydroxyl groups excluding tert-OH is 2. The number of anilines is 1. The third-order valence-electron chi connectivity index (χ3n) is 4.11. The van der Waals surface area contributed by atoms with Crippen molar-refractivity contribution in [1.82, 2.24) is 19.5 Å². The Hall–Kier alpha value is -2.15. The molecule has 0 spiro atoms. The number of hydrogen-bond acceptors (Lipinski definition) is 10. The summed E-state index contributed by atoms with van der Waals surface area (Å²) >= 11 is 0. The lowest BCUT2D eigenvalue weighted by molar-refractivity contribution is -0.145. The van der Waals surface area contributed by atoms with Gasteiger partial charge in [0.05, 0.1) is 12.4 Å². The molecule has 0 saturated carbocycles. The second kappa shape index (κ2) is 7.11. The van der Waals surface area contributed by atoms with E-state index >= 15 is 0 Å². The maximum atomic E-state index is 11.5. The van der Waals surface area contributed by atoms with Gasteiger partial charge in [0.15, 0.2) is 17.7 Å². The van der Waals surface area contributed by atoms with Gasteiger partial charge < -0.3 is 35.2 Å². The highest BCUT2D eigenvalue weighted by Crippen LogP contribution is 2.46. The van der Waals surface area contributed by atoms with E-state index in [-0.39, 0.29) is 17.0 Å². The van der Waals surface area contributed by atoms with Gasteiger partial charge in [-0.25, -0.2) is 15.0 Å². The molecule has 148 valence electrons. The minimum Gasteiger partial charge on any atom is -0.449 e. The lowest BCUT2D eigenvalue weighted by Crippen LogP contribution is -2.34. The van der Waals surface area contributed by atoms with Gasteiger partial charge >= 0.3 is 13.6 Å². The van der Waals surface area contributed by atoms with Gasteiger partial charge in [-0.05, 0) is 0 Å². The normalized spacial score (nSPS) is 27.0. The van der Waals surface area contributed by atoms with Gasteiger partial charge in [-0.2, -0.15) is 0 Å². The zero-order valence-corrected chi connectivity index (χ0v) is 14.9. The summed E-state index contributed by atoms with van der Waals surface area (Å²) in [6.07, 6.45) is -3.39. The molecule has 2 aromatic heterocycles. The third-order valence-corrected chi connectivity index (χ3v) is 5.18. The van der Waals surface area contributed by atoms with Gasteiger partial charge in [0.25, 0.3) is 0 Å². The molecule has 13 nitrogen and oxygen atoms in total. The SMILES string of the molecule is CC(=O)OC(C[C@H]1O[C@@H](n2cnc3c(N)ncnc32)[C@H](O)[C@@H]1O)P(=O)(O)O. The van der Waals surface area contributed by atoms with Crippen molar-refractivity contribution in [3.05, 3.63) is 12.7 Å². The lowest BCUT2D eigenvalue weighted by atomic mass is 10.1. The fraction of sp³-hybridized carbons (Fsp3) is 0.538. The minimum absolute atomic E-state index is 0.111. The smallest absolute Gasteiger partial charge is 0.365 e. The van der Waals surface area contributed by atoms with Crippen LogP contribution in [0.2, 0.25) is 0 Å². The Bertz CT molecular complexity index is 900. The van der Waals surface area contributed by atoms with Gasteiger partial charge in [-0.1, -0.05) is 0 Å². The number of esters is 1. The van der Waals surface area contributed by atoms with Gasteiger partial charge in [0, 0.05) is 13.3 Å². The largest absolute Gasteiger partial charge is 0.449 e. The molecule has 0 amide bonds. The van der Waals surface area contributed by atoms with Crippen LogP contribution in [0.3, 0.4) is 0 Å². The molecule has 1 aliphatic heterocycles. The summed E-state index contributed by atoms with van der Waals surface area (Å²) in [5.41, 5.74) is 6.21. The van der Waals surface area contributed by atoms with E-state index in [1.165, 1.54) is 17.2 Å². The van der Waals surface area contributed by atoms with E-state index in [0.29, 0.717) is 0 Å². The van der Waals surface area contributed by atoms with Crippen molar-refractivity contribution < 1.29 is 38.8 Å². The highest BCUT2D eigenvalue weighted by molar-refractivity contribution is 7.52. The molecule has 1 unspecified atom stereocenters. The van der Waals surface area contributed by atoms with Crippen LogP contribution in [0.25, 0.3) is 11.2 Å². The first-order chi connectivity index (χ1) is 12.6. The number of imidazole rings is 1. The number of aliphatic hydroxyl groups is 2. The van der Waals surface area contributed by atoms with Crippen LogP contribution in [0.15, 0.2) is 12.7 Å². The second-order valence-corrected chi connectivity index (χ2v) is 7.77. The fourth-order valence-electron chi connectivity index (χ4n) is 2.85. The maximum Gasteiger partial charge on any atom is 0.365 e. The predicted octanol–water partition coefficient (Wildman–Crippen LogP) is -1.52. The Labute approximate surface area is 151 Å². The molecule has 0 bridgehead atoms. The van der Waals surface area contributed by atoms with Crippen LogP contribution in [-0.2, 0) is 18.8 Å². The average molecular weight is 403 g/mol. The Kier molecular flexibility index (Phi) is 5.16. The zero-order chi connectivity index (χ0) is 19.9. The molecule has 6 N–H and O–H groups in total. The van der Waals surface area contributed by atoms with Crippen molar-refractivity contribution in [1.29, 1.82) is 0 Å². The van der Waals surface area contributed by atoms with Crippen LogP contribution in [-0.4, -0.2) is 69.6 Å². The van der Waals surface area contributed by atoms with Crippen LogP contribution in [0, 0.1) is 0 Å². The lowest BCUT2D eigenvalue weighted by Gasteiger charge is -2.22. The molecular weight excluding hydrogens is 385 g/mol. The molecule has 27 heavy (non-hydrogen) atoms. The molecule has 0 radical (unpaired) electrons. The van der Waals surface area contributed by atoms with E-state index in [0.717, 1.165) is 6.92 Å². The van der Waals surface area contributed by atoms with Crippen LogP contribution in [0.1, 0.15) is 19.6 Å². The summed E-state index contributed by atoms with van der Waals surface area (Å²) in [6.45, 7) is 0.994. The van der Waals surface area contributed by atoms with Crippen LogP contribution in [0.5, 0.6) is 0 Å². The minimum atomic E-state index is -4.83. The average Bonchev–Trinajstić information content (AvgIpc) is 3.10. The molecule has 3 heterocycles. The molecule has 2 aromatic rings. The first-order valence-corrected chi connectivity index (χ1v) is 9.44. The number of aromatic nitrogens is 4. The standard InChI is InChI=1S/C13H18N5O8P/c1-5(19)25-7(27(22,23)24)2-6-9(20)10(21)13(26-6)18-4-17-8-11(14)15-3-16-12(8)18/h3-4,6-7,9-10,13,20-21H,2H2,1H3,(H2,14,15,16)(H2,22,23,24)/t6-,7?,9-,10-,13-/m1/s1. The van der Waals surface area contributed by atoms with Crippen LogP contribution in [0.4, 0.5) is 5.82 Å². The number of ether oxygens (including phenoxy) is 2. The molecule has 1 aliphatic rings. The van der Waals surface area contributed by atoms with Crippen LogP contribution >= 0.6 is 7.60 Å². The monoisotopic (exact) mass is 403 g/mol. The molecule has 3 rings (SSSR count). The summed E-state index contributed by atoms with van der Waals surface area (Å²) in [5, 5.41) is 20.6. The molecule has 1 fully saturated rings.